The zero-order valence-electron chi connectivity index (χ0n) is 9.55. The molecule has 16 heavy (non-hydrogen) atoms. The lowest BCUT2D eigenvalue weighted by atomic mass is 10.3. The van der Waals surface area contributed by atoms with Crippen LogP contribution in [-0.4, -0.2) is 35.1 Å². The molecule has 2 aromatic rings. The maximum atomic E-state index is 5.87. The number of likely N-dealkylation sites (N-methyl/N-ethyl adjacent to an activating group) is 1. The number of nitrogen functional groups attached to an aromatic ring is 1. The first kappa shape index (κ1) is 12.8. The van der Waals surface area contributed by atoms with E-state index in [1.165, 1.54) is 0 Å². The maximum Gasteiger partial charge on any atom is 0.201 e. The van der Waals surface area contributed by atoms with Crippen molar-refractivity contribution in [2.75, 3.05) is 26.4 Å². The number of nitrogens with zero attached hydrogens (tertiary/aromatic N) is 3. The lowest BCUT2D eigenvalue weighted by Crippen LogP contribution is -2.19. The van der Waals surface area contributed by atoms with E-state index in [2.05, 4.69) is 28.5 Å². The smallest absolute Gasteiger partial charge is 0.201 e. The van der Waals surface area contributed by atoms with E-state index in [9.17, 15) is 0 Å². The van der Waals surface area contributed by atoms with Crippen molar-refractivity contribution in [3.05, 3.63) is 24.3 Å². The first-order valence-electron chi connectivity index (χ1n) is 5.04. The number of benzene rings is 1. The van der Waals surface area contributed by atoms with Crippen LogP contribution in [0.3, 0.4) is 0 Å². The number of hydrogen-bond donors (Lipinski definition) is 1. The Morgan fingerprint density at radius 2 is 2.00 bits per heavy atom. The molecule has 0 amide bonds. The molecule has 2 rings (SSSR count). The average Bonchev–Trinajstić information content (AvgIpc) is 2.50. The van der Waals surface area contributed by atoms with Gasteiger partial charge < -0.3 is 15.2 Å². The molecule has 0 bridgehead atoms. The normalized spacial score (nSPS) is 10.7. The monoisotopic (exact) mass is 240 g/mol. The van der Waals surface area contributed by atoms with Gasteiger partial charge in [0.15, 0.2) is 0 Å². The predicted octanol–water partition coefficient (Wildman–Crippen LogP) is 1.60. The molecule has 2 N–H and O–H groups in total. The minimum absolute atomic E-state index is 0. The Balaban J connectivity index is 0.00000128. The SMILES string of the molecule is CN(C)CCn1c(N)nc2ccccc21.Cl. The van der Waals surface area contributed by atoms with Crippen molar-refractivity contribution in [1.29, 1.82) is 0 Å². The lowest BCUT2D eigenvalue weighted by molar-refractivity contribution is 0.387. The molecule has 0 radical (unpaired) electrons. The minimum atomic E-state index is 0. The second kappa shape index (κ2) is 5.18. The van der Waals surface area contributed by atoms with Crippen molar-refractivity contribution >= 4 is 29.4 Å². The van der Waals surface area contributed by atoms with E-state index in [1.54, 1.807) is 0 Å². The molecule has 4 nitrogen and oxygen atoms in total. The van der Waals surface area contributed by atoms with Gasteiger partial charge in [0.25, 0.3) is 0 Å². The van der Waals surface area contributed by atoms with Gasteiger partial charge in [-0.15, -0.1) is 12.4 Å². The summed E-state index contributed by atoms with van der Waals surface area (Å²) in [7, 11) is 4.10. The highest BCUT2D eigenvalue weighted by Gasteiger charge is 2.06. The molecule has 0 saturated heterocycles. The van der Waals surface area contributed by atoms with Crippen molar-refractivity contribution in [1.82, 2.24) is 14.5 Å². The molecule has 0 saturated carbocycles. The van der Waals surface area contributed by atoms with E-state index in [0.29, 0.717) is 5.95 Å². The zero-order chi connectivity index (χ0) is 10.8. The van der Waals surface area contributed by atoms with E-state index in [1.807, 2.05) is 24.3 Å². The molecular formula is C11H17ClN4. The van der Waals surface area contributed by atoms with E-state index >= 15 is 0 Å². The fourth-order valence-electron chi connectivity index (χ4n) is 1.63. The number of hydrogen-bond acceptors (Lipinski definition) is 3. The number of nitrogens with two attached hydrogens (primary N) is 1. The fourth-order valence-corrected chi connectivity index (χ4v) is 1.63. The van der Waals surface area contributed by atoms with E-state index < -0.39 is 0 Å². The summed E-state index contributed by atoms with van der Waals surface area (Å²) < 4.78 is 2.05. The van der Waals surface area contributed by atoms with Gasteiger partial charge >= 0.3 is 0 Å². The van der Waals surface area contributed by atoms with Gasteiger partial charge in [-0.1, -0.05) is 12.1 Å². The summed E-state index contributed by atoms with van der Waals surface area (Å²) in [5, 5.41) is 0. The Kier molecular flexibility index (Phi) is 4.15. The number of fused-ring (bicyclic) bond motifs is 1. The Morgan fingerprint density at radius 3 is 2.69 bits per heavy atom. The van der Waals surface area contributed by atoms with Gasteiger partial charge in [-0.2, -0.15) is 0 Å². The standard InChI is InChI=1S/C11H16N4.ClH/c1-14(2)7-8-15-10-6-4-3-5-9(10)13-11(15)12;/h3-6H,7-8H2,1-2H3,(H2,12,13);1H. The molecule has 0 aliphatic heterocycles. The maximum absolute atomic E-state index is 5.87. The fraction of sp³-hybridized carbons (Fsp3) is 0.364. The summed E-state index contributed by atoms with van der Waals surface area (Å²) in [4.78, 5) is 6.45. The third kappa shape index (κ3) is 2.46. The van der Waals surface area contributed by atoms with Crippen molar-refractivity contribution < 1.29 is 0 Å². The summed E-state index contributed by atoms with van der Waals surface area (Å²) in [6.07, 6.45) is 0. The molecule has 0 atom stereocenters. The topological polar surface area (TPSA) is 47.1 Å². The first-order chi connectivity index (χ1) is 7.18. The van der Waals surface area contributed by atoms with Crippen molar-refractivity contribution in [2.24, 2.45) is 0 Å². The number of anilines is 1. The molecule has 0 spiro atoms. The molecule has 0 fully saturated rings. The van der Waals surface area contributed by atoms with Gasteiger partial charge in [0, 0.05) is 13.1 Å². The summed E-state index contributed by atoms with van der Waals surface area (Å²) in [5.41, 5.74) is 7.95. The molecule has 1 heterocycles. The quantitative estimate of drug-likeness (QED) is 0.887. The Morgan fingerprint density at radius 1 is 1.31 bits per heavy atom. The lowest BCUT2D eigenvalue weighted by Gasteiger charge is -2.11. The molecule has 0 aliphatic carbocycles. The predicted molar refractivity (Wildman–Crippen MR) is 69.9 cm³/mol. The average molecular weight is 241 g/mol. The molecule has 1 aromatic heterocycles. The van der Waals surface area contributed by atoms with Crippen LogP contribution < -0.4 is 5.73 Å². The van der Waals surface area contributed by atoms with Crippen LogP contribution in [0.15, 0.2) is 24.3 Å². The Bertz CT molecular complexity index is 464. The third-order valence-corrected chi connectivity index (χ3v) is 2.45. The second-order valence-corrected chi connectivity index (χ2v) is 3.91. The number of aromatic nitrogens is 2. The van der Waals surface area contributed by atoms with Crippen LogP contribution in [-0.2, 0) is 6.54 Å². The van der Waals surface area contributed by atoms with Gasteiger partial charge in [-0.05, 0) is 26.2 Å². The van der Waals surface area contributed by atoms with Crippen LogP contribution in [0.25, 0.3) is 11.0 Å². The van der Waals surface area contributed by atoms with Crippen LogP contribution in [0.5, 0.6) is 0 Å². The van der Waals surface area contributed by atoms with Gasteiger partial charge in [0.1, 0.15) is 0 Å². The van der Waals surface area contributed by atoms with Gasteiger partial charge in [0.05, 0.1) is 11.0 Å². The largest absolute Gasteiger partial charge is 0.369 e. The van der Waals surface area contributed by atoms with Gasteiger partial charge in [-0.25, -0.2) is 4.98 Å². The highest BCUT2D eigenvalue weighted by molar-refractivity contribution is 5.85. The highest BCUT2D eigenvalue weighted by Crippen LogP contribution is 2.16. The summed E-state index contributed by atoms with van der Waals surface area (Å²) >= 11 is 0. The van der Waals surface area contributed by atoms with E-state index in [0.717, 1.165) is 24.1 Å². The number of rotatable bonds is 3. The van der Waals surface area contributed by atoms with Crippen LogP contribution >= 0.6 is 12.4 Å². The summed E-state index contributed by atoms with van der Waals surface area (Å²) in [6.45, 7) is 1.84. The van der Waals surface area contributed by atoms with Crippen LogP contribution in [0.2, 0.25) is 0 Å². The molecule has 0 unspecified atom stereocenters. The summed E-state index contributed by atoms with van der Waals surface area (Å²) in [6, 6.07) is 8.02. The van der Waals surface area contributed by atoms with Crippen LogP contribution in [0.4, 0.5) is 5.95 Å². The molecule has 5 heteroatoms. The van der Waals surface area contributed by atoms with Crippen LogP contribution in [0, 0.1) is 0 Å². The van der Waals surface area contributed by atoms with Crippen molar-refractivity contribution in [2.45, 2.75) is 6.54 Å². The molecule has 0 aliphatic rings. The first-order valence-corrected chi connectivity index (χ1v) is 5.04. The van der Waals surface area contributed by atoms with E-state index in [4.69, 9.17) is 5.73 Å². The zero-order valence-corrected chi connectivity index (χ0v) is 10.4. The molecule has 88 valence electrons. The number of imidazole rings is 1. The van der Waals surface area contributed by atoms with Gasteiger partial charge in [0.2, 0.25) is 5.95 Å². The number of halogens is 1. The third-order valence-electron chi connectivity index (χ3n) is 2.45. The van der Waals surface area contributed by atoms with Crippen molar-refractivity contribution in [3.8, 4) is 0 Å². The van der Waals surface area contributed by atoms with Crippen molar-refractivity contribution in [3.63, 3.8) is 0 Å². The Labute approximate surface area is 101 Å². The van der Waals surface area contributed by atoms with Crippen LogP contribution in [0.1, 0.15) is 0 Å². The van der Waals surface area contributed by atoms with E-state index in [-0.39, 0.29) is 12.4 Å². The van der Waals surface area contributed by atoms with Gasteiger partial charge in [-0.3, -0.25) is 0 Å². The minimum Gasteiger partial charge on any atom is -0.369 e. The second-order valence-electron chi connectivity index (χ2n) is 3.91. The molecular weight excluding hydrogens is 224 g/mol. The summed E-state index contributed by atoms with van der Waals surface area (Å²) in [5.74, 6) is 0.595. The Hall–Kier alpha value is -1.26. The highest BCUT2D eigenvalue weighted by atomic mass is 35.5. The molecule has 1 aromatic carbocycles. The number of para-hydroxylation sites is 2.